The molecule has 0 amide bonds. The van der Waals surface area contributed by atoms with Crippen molar-refractivity contribution in [1.29, 1.82) is 0 Å². The third-order valence-corrected chi connectivity index (χ3v) is 4.99. The molecule has 1 unspecified atom stereocenters. The number of aliphatic hydroxyl groups is 4. The molecule has 2 fully saturated rings. The zero-order valence-corrected chi connectivity index (χ0v) is 13.5. The summed E-state index contributed by atoms with van der Waals surface area (Å²) in [5, 5.41) is 39.0. The van der Waals surface area contributed by atoms with Crippen LogP contribution in [0.5, 0.6) is 0 Å². The normalized spacial score (nSPS) is 32.8. The number of hydrogen-bond donors (Lipinski definition) is 4. The fourth-order valence-electron chi connectivity index (χ4n) is 3.65. The predicted molar refractivity (Wildman–Crippen MR) is 85.8 cm³/mol. The van der Waals surface area contributed by atoms with Gasteiger partial charge in [-0.15, -0.1) is 0 Å². The van der Waals surface area contributed by atoms with Gasteiger partial charge in [-0.05, 0) is 12.8 Å². The Kier molecular flexibility index (Phi) is 4.29. The van der Waals surface area contributed by atoms with Crippen LogP contribution in [-0.2, 0) is 4.74 Å². The molecule has 4 heterocycles. The summed E-state index contributed by atoms with van der Waals surface area (Å²) in [6.07, 6.45) is 0.584. The lowest BCUT2D eigenvalue weighted by Crippen LogP contribution is -2.33. The van der Waals surface area contributed by atoms with Gasteiger partial charge in [0.2, 0.25) is 0 Å². The van der Waals surface area contributed by atoms with Gasteiger partial charge in [0.1, 0.15) is 24.6 Å². The lowest BCUT2D eigenvalue weighted by Gasteiger charge is -2.24. The zero-order valence-electron chi connectivity index (χ0n) is 13.5. The molecule has 2 aliphatic heterocycles. The summed E-state index contributed by atoms with van der Waals surface area (Å²) in [6.45, 7) is 0.423. The maximum Gasteiger partial charge on any atom is 0.167 e. The van der Waals surface area contributed by atoms with Gasteiger partial charge in [0.05, 0.1) is 25.6 Å². The second-order valence-electron chi connectivity index (χ2n) is 6.42. The first-order chi connectivity index (χ1) is 12.2. The molecule has 25 heavy (non-hydrogen) atoms. The van der Waals surface area contributed by atoms with Gasteiger partial charge in [0.15, 0.2) is 23.2 Å². The van der Waals surface area contributed by atoms with Crippen LogP contribution in [0.25, 0.3) is 11.2 Å². The van der Waals surface area contributed by atoms with E-state index in [-0.39, 0.29) is 12.6 Å². The van der Waals surface area contributed by atoms with Crippen molar-refractivity contribution in [3.05, 3.63) is 12.7 Å². The van der Waals surface area contributed by atoms with E-state index in [1.807, 2.05) is 4.90 Å². The minimum Gasteiger partial charge on any atom is -0.394 e. The van der Waals surface area contributed by atoms with Crippen LogP contribution in [0, 0.1) is 0 Å². The van der Waals surface area contributed by atoms with Crippen LogP contribution >= 0.6 is 0 Å². The Morgan fingerprint density at radius 3 is 2.68 bits per heavy atom. The Morgan fingerprint density at radius 2 is 1.96 bits per heavy atom. The fourth-order valence-corrected chi connectivity index (χ4v) is 3.65. The molecular formula is C15H21N5O5. The third kappa shape index (κ3) is 2.57. The number of hydrogen-bond acceptors (Lipinski definition) is 9. The summed E-state index contributed by atoms with van der Waals surface area (Å²) in [5.74, 6) is 0.632. The van der Waals surface area contributed by atoms with Gasteiger partial charge in [-0.25, -0.2) is 15.0 Å². The minimum absolute atomic E-state index is 0.00263. The lowest BCUT2D eigenvalue weighted by molar-refractivity contribution is -0.0511. The molecule has 0 aliphatic carbocycles. The summed E-state index contributed by atoms with van der Waals surface area (Å²) in [6, 6.07) is -0.00263. The molecule has 0 bridgehead atoms. The Hall–Kier alpha value is -1.85. The summed E-state index contributed by atoms with van der Waals surface area (Å²) in [5.41, 5.74) is 1.00. The van der Waals surface area contributed by atoms with Crippen LogP contribution in [-0.4, -0.2) is 84.1 Å². The standard InChI is InChI=1S/C15H21N5O5/c21-4-8-2-1-3-19(8)13-10-14(17-6-16-13)20(7-18-10)15-12(24)11(23)9(5-22)25-15/h6-9,11-12,15,21-24H,1-5H2/t8-,9+,11?,12-,15+/m0/s1. The van der Waals surface area contributed by atoms with Crippen LogP contribution in [0.1, 0.15) is 19.1 Å². The highest BCUT2D eigenvalue weighted by Gasteiger charge is 2.44. The summed E-state index contributed by atoms with van der Waals surface area (Å²) in [4.78, 5) is 15.0. The Bertz CT molecular complexity index is 755. The van der Waals surface area contributed by atoms with Gasteiger partial charge < -0.3 is 30.1 Å². The van der Waals surface area contributed by atoms with Crippen molar-refractivity contribution in [2.24, 2.45) is 0 Å². The largest absolute Gasteiger partial charge is 0.394 e. The lowest BCUT2D eigenvalue weighted by atomic mass is 10.1. The first-order valence-corrected chi connectivity index (χ1v) is 8.33. The van der Waals surface area contributed by atoms with E-state index < -0.39 is 31.1 Å². The molecular weight excluding hydrogens is 330 g/mol. The molecule has 5 atom stereocenters. The Balaban J connectivity index is 1.72. The molecule has 4 rings (SSSR count). The van der Waals surface area contributed by atoms with Gasteiger partial charge in [0.25, 0.3) is 0 Å². The summed E-state index contributed by atoms with van der Waals surface area (Å²) < 4.78 is 7.09. The maximum atomic E-state index is 10.2. The van der Waals surface area contributed by atoms with Crippen LogP contribution in [0.15, 0.2) is 12.7 Å². The van der Waals surface area contributed by atoms with Gasteiger partial charge in [-0.3, -0.25) is 4.57 Å². The number of aliphatic hydroxyl groups excluding tert-OH is 4. The van der Waals surface area contributed by atoms with E-state index in [0.717, 1.165) is 19.4 Å². The number of aromatic nitrogens is 4. The van der Waals surface area contributed by atoms with Crippen molar-refractivity contribution in [2.75, 3.05) is 24.7 Å². The number of fused-ring (bicyclic) bond motifs is 1. The van der Waals surface area contributed by atoms with Gasteiger partial charge >= 0.3 is 0 Å². The van der Waals surface area contributed by atoms with E-state index in [1.165, 1.54) is 17.2 Å². The molecule has 0 radical (unpaired) electrons. The average molecular weight is 351 g/mol. The van der Waals surface area contributed by atoms with Crippen LogP contribution in [0.3, 0.4) is 0 Å². The van der Waals surface area contributed by atoms with Crippen molar-refractivity contribution >= 4 is 17.0 Å². The predicted octanol–water partition coefficient (Wildman–Crippen LogP) is -1.60. The first-order valence-electron chi connectivity index (χ1n) is 8.33. The fraction of sp³-hybridized carbons (Fsp3) is 0.667. The Labute approximate surface area is 143 Å². The van der Waals surface area contributed by atoms with Gasteiger partial charge in [-0.2, -0.15) is 0 Å². The average Bonchev–Trinajstić information content (AvgIpc) is 3.33. The molecule has 0 saturated carbocycles. The van der Waals surface area contributed by atoms with E-state index in [4.69, 9.17) is 4.74 Å². The zero-order chi connectivity index (χ0) is 17.6. The molecule has 10 nitrogen and oxygen atoms in total. The molecule has 4 N–H and O–H groups in total. The van der Waals surface area contributed by atoms with Crippen molar-refractivity contribution in [1.82, 2.24) is 19.5 Å². The van der Waals surface area contributed by atoms with E-state index in [9.17, 15) is 20.4 Å². The highest BCUT2D eigenvalue weighted by molar-refractivity contribution is 5.83. The summed E-state index contributed by atoms with van der Waals surface area (Å²) in [7, 11) is 0. The molecule has 0 aromatic carbocycles. The second-order valence-corrected chi connectivity index (χ2v) is 6.42. The second kappa shape index (κ2) is 6.46. The number of rotatable bonds is 4. The molecule has 2 aliphatic rings. The molecule has 136 valence electrons. The highest BCUT2D eigenvalue weighted by Crippen LogP contribution is 2.34. The maximum absolute atomic E-state index is 10.2. The van der Waals surface area contributed by atoms with Crippen molar-refractivity contribution in [3.8, 4) is 0 Å². The van der Waals surface area contributed by atoms with E-state index >= 15 is 0 Å². The number of ether oxygens (including phenoxy) is 1. The molecule has 2 saturated heterocycles. The SMILES string of the molecule is OC[C@@H]1CCCN1c1ncnc2c1ncn2[C@@H]1O[C@H](CO)C(O)[C@@H]1O. The smallest absolute Gasteiger partial charge is 0.167 e. The molecule has 0 spiro atoms. The van der Waals surface area contributed by atoms with E-state index in [1.54, 1.807) is 0 Å². The number of anilines is 1. The first kappa shape index (κ1) is 16.6. The Morgan fingerprint density at radius 1 is 1.12 bits per heavy atom. The highest BCUT2D eigenvalue weighted by atomic mass is 16.6. The number of imidazole rings is 1. The van der Waals surface area contributed by atoms with Crippen molar-refractivity contribution < 1.29 is 25.2 Å². The molecule has 10 heteroatoms. The molecule has 2 aromatic heterocycles. The van der Waals surface area contributed by atoms with E-state index in [0.29, 0.717) is 17.0 Å². The third-order valence-electron chi connectivity index (χ3n) is 4.99. The van der Waals surface area contributed by atoms with Gasteiger partial charge in [-0.1, -0.05) is 0 Å². The minimum atomic E-state index is -1.20. The quantitative estimate of drug-likeness (QED) is 0.513. The van der Waals surface area contributed by atoms with Crippen LogP contribution in [0.2, 0.25) is 0 Å². The van der Waals surface area contributed by atoms with Crippen LogP contribution < -0.4 is 4.90 Å². The van der Waals surface area contributed by atoms with Crippen LogP contribution in [0.4, 0.5) is 5.82 Å². The van der Waals surface area contributed by atoms with Crippen molar-refractivity contribution in [3.63, 3.8) is 0 Å². The summed E-state index contributed by atoms with van der Waals surface area (Å²) >= 11 is 0. The number of nitrogens with zero attached hydrogens (tertiary/aromatic N) is 5. The molecule has 2 aromatic rings. The van der Waals surface area contributed by atoms with E-state index in [2.05, 4.69) is 15.0 Å². The monoisotopic (exact) mass is 351 g/mol. The topological polar surface area (TPSA) is 137 Å². The van der Waals surface area contributed by atoms with Gasteiger partial charge in [0, 0.05) is 6.54 Å². The van der Waals surface area contributed by atoms with Crippen molar-refractivity contribution in [2.45, 2.75) is 43.4 Å².